The standard InChI is InChI=1S/C20H31N.C19H27NO3.C19H27NO.C18H27NO2.C17H23NO3/c1-13(2)8-18-12-21-7-6-17-9-14(3)15(4)10-19(17)20(21)11-16(18)5;1-12(2)7-14-11-20-6-5-13-8-18(22-3)19(23-4)9-15(13)16(20)10-17(14)21;1-12(2)7-16-11-20-6-5-15-8-13(3)14(4)9-17(15)18(20)10-19(16)21;1-11(2)6-14-10-19-5-4-13-8-17(20)18(21)9-15(13)16(19)7-12(14)3;1-10(2)5-12-9-18-4-3-11-6-16(20)17(21)7-13(11)14(18)8-15(12)19/h9-10,13,16,18,20H,6-8,11-12H2,1-5H3;8-9,12,14,16H,5-7,10-11H2,1-4H3;8-9,12,16,18H,5-7,10-11H2,1-4H3;8-9,11-12,14,16,20-21H,4-7,10H2,1-3H3;6-7,10,12,14,20-21H,3-5,8-9H2,1-2H3/t16?,18-,20-;14-,16-;16-,18-;12?,14-,16-;12-,14-/m11111/s1. The van der Waals surface area contributed by atoms with Gasteiger partial charge in [-0.2, -0.15) is 0 Å². The number of aromatic hydroxyl groups is 4. The Balaban J connectivity index is 0.000000133. The van der Waals surface area contributed by atoms with Gasteiger partial charge in [0.2, 0.25) is 0 Å². The number of phenols is 4. The zero-order valence-electron chi connectivity index (χ0n) is 68.8. The number of fused-ring (bicyclic) bond motifs is 15. The maximum Gasteiger partial charge on any atom is 0.161 e. The molecule has 5 aromatic carbocycles. The summed E-state index contributed by atoms with van der Waals surface area (Å²) in [6, 6.07) is 22.3. The van der Waals surface area contributed by atoms with E-state index in [9.17, 15) is 34.8 Å². The van der Waals surface area contributed by atoms with Crippen LogP contribution in [0.3, 0.4) is 0 Å². The van der Waals surface area contributed by atoms with E-state index in [-0.39, 0.29) is 52.8 Å². The van der Waals surface area contributed by atoms with E-state index in [1.165, 1.54) is 101 Å². The number of aryl methyl sites for hydroxylation is 4. The first-order chi connectivity index (χ1) is 50.8. The average molecular weight is 1470 g/mol. The Bertz CT molecular complexity index is 3730. The first kappa shape index (κ1) is 81.7. The van der Waals surface area contributed by atoms with Crippen LogP contribution in [0.4, 0.5) is 0 Å². The minimum atomic E-state index is -0.0904. The van der Waals surface area contributed by atoms with E-state index in [4.69, 9.17) is 9.47 Å². The monoisotopic (exact) mass is 1470 g/mol. The van der Waals surface area contributed by atoms with E-state index in [0.29, 0.717) is 72.5 Å². The molecule has 14 heteroatoms. The summed E-state index contributed by atoms with van der Waals surface area (Å²) < 4.78 is 10.9. The van der Waals surface area contributed by atoms with Crippen LogP contribution in [0.5, 0.6) is 34.5 Å². The zero-order chi connectivity index (χ0) is 77.1. The van der Waals surface area contributed by atoms with Gasteiger partial charge >= 0.3 is 0 Å². The maximum absolute atomic E-state index is 12.6. The number of piperidine rings is 5. The van der Waals surface area contributed by atoms with Gasteiger partial charge in [-0.15, -0.1) is 0 Å². The Morgan fingerprint density at radius 1 is 0.346 bits per heavy atom. The third-order valence-electron chi connectivity index (χ3n) is 26.4. The molecule has 107 heavy (non-hydrogen) atoms. The molecule has 0 radical (unpaired) electrons. The minimum absolute atomic E-state index is 0.0174. The van der Waals surface area contributed by atoms with Crippen molar-refractivity contribution in [1.29, 1.82) is 0 Å². The van der Waals surface area contributed by atoms with Crippen molar-refractivity contribution in [3.63, 3.8) is 0 Å². The first-order valence-electron chi connectivity index (χ1n) is 41.7. The van der Waals surface area contributed by atoms with Crippen LogP contribution in [0.1, 0.15) is 255 Å². The van der Waals surface area contributed by atoms with E-state index in [0.717, 1.165) is 155 Å². The highest BCUT2D eigenvalue weighted by molar-refractivity contribution is 5.84. The third kappa shape index (κ3) is 19.2. The lowest BCUT2D eigenvalue weighted by molar-refractivity contribution is -0.130. The van der Waals surface area contributed by atoms with Gasteiger partial charge in [0.1, 0.15) is 17.3 Å². The number of carbonyl (C=O) groups excluding carboxylic acids is 3. The molecule has 4 N–H and O–H groups in total. The lowest BCUT2D eigenvalue weighted by Gasteiger charge is -2.47. The van der Waals surface area contributed by atoms with Crippen LogP contribution >= 0.6 is 0 Å². The summed E-state index contributed by atoms with van der Waals surface area (Å²) in [6.45, 7) is 46.8. The van der Waals surface area contributed by atoms with Crippen molar-refractivity contribution in [2.45, 2.75) is 237 Å². The van der Waals surface area contributed by atoms with Crippen LogP contribution in [-0.2, 0) is 46.5 Å². The molecule has 0 bridgehead atoms. The Kier molecular flexibility index (Phi) is 27.0. The second-order valence-electron chi connectivity index (χ2n) is 36.8. The van der Waals surface area contributed by atoms with Gasteiger partial charge in [-0.05, 0) is 272 Å². The first-order valence-corrected chi connectivity index (χ1v) is 41.7. The molecule has 5 fully saturated rings. The highest BCUT2D eigenvalue weighted by Crippen LogP contribution is 2.49. The van der Waals surface area contributed by atoms with Crippen molar-refractivity contribution in [2.24, 2.45) is 71.0 Å². The fourth-order valence-corrected chi connectivity index (χ4v) is 20.5. The number of ketones is 3. The molecule has 0 saturated carbocycles. The number of phenolic OH excluding ortho intramolecular Hbond substituents is 4. The molecular formula is C93H135N5O9. The van der Waals surface area contributed by atoms with Crippen molar-refractivity contribution in [2.75, 3.05) is 79.7 Å². The summed E-state index contributed by atoms with van der Waals surface area (Å²) in [5.41, 5.74) is 18.8. The topological polar surface area (TPSA) is 167 Å². The fourth-order valence-electron chi connectivity index (χ4n) is 20.5. The molecule has 0 amide bonds. The third-order valence-corrected chi connectivity index (χ3v) is 26.4. The molecular weight excluding hydrogens is 1330 g/mol. The number of carbonyl (C=O) groups is 3. The second-order valence-corrected chi connectivity index (χ2v) is 36.8. The van der Waals surface area contributed by atoms with Crippen molar-refractivity contribution in [3.8, 4) is 34.5 Å². The molecule has 12 atom stereocenters. The van der Waals surface area contributed by atoms with Gasteiger partial charge in [0.15, 0.2) is 34.5 Å². The molecule has 10 aliphatic rings. The van der Waals surface area contributed by atoms with Gasteiger partial charge in [-0.25, -0.2) is 0 Å². The van der Waals surface area contributed by atoms with Crippen LogP contribution in [-0.4, -0.2) is 142 Å². The van der Waals surface area contributed by atoms with E-state index in [2.05, 4.69) is 172 Å². The number of ether oxygens (including phenoxy) is 2. The van der Waals surface area contributed by atoms with Gasteiger partial charge in [-0.1, -0.05) is 107 Å². The number of nitrogens with zero attached hydrogens (tertiary/aromatic N) is 5. The molecule has 10 heterocycles. The van der Waals surface area contributed by atoms with Crippen LogP contribution in [0.15, 0.2) is 60.7 Å². The molecule has 5 aromatic rings. The Hall–Kier alpha value is -6.29. The van der Waals surface area contributed by atoms with E-state index in [1.807, 2.05) is 0 Å². The lowest BCUT2D eigenvalue weighted by Crippen LogP contribution is -2.46. The number of hydrogen-bond acceptors (Lipinski definition) is 14. The predicted molar refractivity (Wildman–Crippen MR) is 432 cm³/mol. The summed E-state index contributed by atoms with van der Waals surface area (Å²) in [5, 5.41) is 38.9. The van der Waals surface area contributed by atoms with E-state index in [1.54, 1.807) is 49.6 Å². The molecule has 5 saturated heterocycles. The Morgan fingerprint density at radius 2 is 0.607 bits per heavy atom. The molecule has 0 aliphatic carbocycles. The van der Waals surface area contributed by atoms with Gasteiger partial charge in [0, 0.05) is 133 Å². The van der Waals surface area contributed by atoms with E-state index >= 15 is 0 Å². The van der Waals surface area contributed by atoms with Crippen molar-refractivity contribution in [3.05, 3.63) is 139 Å². The van der Waals surface area contributed by atoms with Crippen molar-refractivity contribution < 1.29 is 44.3 Å². The average Bonchev–Trinajstić information content (AvgIpc) is 0.795. The smallest absolute Gasteiger partial charge is 0.161 e. The maximum atomic E-state index is 12.6. The summed E-state index contributed by atoms with van der Waals surface area (Å²) in [5.74, 6) is 9.82. The van der Waals surface area contributed by atoms with Crippen LogP contribution in [0.25, 0.3) is 0 Å². The largest absolute Gasteiger partial charge is 0.504 e. The van der Waals surface area contributed by atoms with Crippen molar-refractivity contribution in [1.82, 2.24) is 24.5 Å². The molecule has 2 unspecified atom stereocenters. The predicted octanol–water partition coefficient (Wildman–Crippen LogP) is 18.3. The van der Waals surface area contributed by atoms with Crippen LogP contribution in [0, 0.1) is 98.7 Å². The summed E-state index contributed by atoms with van der Waals surface area (Å²) >= 11 is 0. The van der Waals surface area contributed by atoms with Crippen LogP contribution in [0.2, 0.25) is 0 Å². The number of benzene rings is 5. The number of Topliss-reactive ketones (excluding diaryl/α,β-unsaturated/α-hetero) is 3. The Labute approximate surface area is 643 Å². The van der Waals surface area contributed by atoms with E-state index < -0.39 is 0 Å². The number of hydrogen-bond donors (Lipinski definition) is 4. The highest BCUT2D eigenvalue weighted by Gasteiger charge is 2.44. The zero-order valence-corrected chi connectivity index (χ0v) is 68.8. The molecule has 10 aliphatic heterocycles. The Morgan fingerprint density at radius 3 is 0.944 bits per heavy atom. The summed E-state index contributed by atoms with van der Waals surface area (Å²) in [4.78, 5) is 50.3. The number of methoxy groups -OCH3 is 2. The molecule has 0 aromatic heterocycles. The lowest BCUT2D eigenvalue weighted by atomic mass is 9.74. The fraction of sp³-hybridized carbons (Fsp3) is 0.645. The van der Waals surface area contributed by atoms with Crippen LogP contribution < -0.4 is 9.47 Å². The second kappa shape index (κ2) is 35.4. The highest BCUT2D eigenvalue weighted by atomic mass is 16.5. The van der Waals surface area contributed by atoms with Gasteiger partial charge in [0.25, 0.3) is 0 Å². The van der Waals surface area contributed by atoms with Gasteiger partial charge < -0.3 is 29.9 Å². The number of rotatable bonds is 12. The molecule has 14 nitrogen and oxygen atoms in total. The molecule has 15 rings (SSSR count). The SMILES string of the molecule is CC(C)C[C@@H]1CN2CCc3cc(O)c(O)cc3[C@H]2CC1=O.CC(C)C[C@@H]1CN2CCc3cc(O)c(O)cc3[C@H]2CC1C.COc1cc2c(cc1OC)[C@H]1CC(=O)[C@H](CC(C)C)CN1CC2.Cc1cc2c(cc1C)[C@H]1CC(=O)[C@H](CC(C)C)CN1CC2.Cc1cc2c(cc1C)[C@H]1CC(C)[C@H](CC(C)C)CN1CC2. The van der Waals surface area contributed by atoms with Gasteiger partial charge in [0.05, 0.1) is 14.2 Å². The molecule has 0 spiro atoms. The van der Waals surface area contributed by atoms with Crippen molar-refractivity contribution >= 4 is 17.3 Å². The normalized spacial score (nSPS) is 26.9. The quantitative estimate of drug-likeness (QED) is 0.0872. The minimum Gasteiger partial charge on any atom is -0.504 e. The van der Waals surface area contributed by atoms with Gasteiger partial charge in [-0.3, -0.25) is 38.9 Å². The molecule has 586 valence electrons. The summed E-state index contributed by atoms with van der Waals surface area (Å²) in [7, 11) is 3.33. The summed E-state index contributed by atoms with van der Waals surface area (Å²) in [6.07, 6.45) is 15.3.